The van der Waals surface area contributed by atoms with Gasteiger partial charge >= 0.3 is 0 Å². The van der Waals surface area contributed by atoms with E-state index in [1.54, 1.807) is 6.20 Å². The van der Waals surface area contributed by atoms with Gasteiger partial charge in [-0.15, -0.1) is 5.11 Å². The van der Waals surface area contributed by atoms with Gasteiger partial charge in [-0.1, -0.05) is 19.1 Å². The van der Waals surface area contributed by atoms with E-state index in [0.29, 0.717) is 31.2 Å². The van der Waals surface area contributed by atoms with Crippen molar-refractivity contribution in [1.82, 2.24) is 15.1 Å². The summed E-state index contributed by atoms with van der Waals surface area (Å²) in [7, 11) is 0. The molecule has 0 unspecified atom stereocenters. The molecule has 3 N–H and O–H groups in total. The third-order valence-corrected chi connectivity index (χ3v) is 5.56. The summed E-state index contributed by atoms with van der Waals surface area (Å²) >= 11 is 0. The maximum absolute atomic E-state index is 15.1. The first-order valence-electron chi connectivity index (χ1n) is 10.5. The van der Waals surface area contributed by atoms with Crippen molar-refractivity contribution in [3.8, 4) is 0 Å². The number of anilines is 1. The van der Waals surface area contributed by atoms with Crippen LogP contribution in [0.5, 0.6) is 0 Å². The lowest BCUT2D eigenvalue weighted by Gasteiger charge is -2.48. The molecule has 8 nitrogen and oxygen atoms in total. The number of hydrogen-bond acceptors (Lipinski definition) is 6. The number of nitrogens with two attached hydrogens (primary N) is 1. The third kappa shape index (κ3) is 5.41. The molecule has 0 bridgehead atoms. The minimum absolute atomic E-state index is 0.139. The Kier molecular flexibility index (Phi) is 6.94. The van der Waals surface area contributed by atoms with Gasteiger partial charge in [-0.2, -0.15) is 10.2 Å². The summed E-state index contributed by atoms with van der Waals surface area (Å²) in [5, 5.41) is 23.2. The molecule has 0 saturated carbocycles. The Morgan fingerprint density at radius 2 is 2.10 bits per heavy atom. The fraction of sp³-hybridized carbons (Fsp3) is 0.500. The largest absolute Gasteiger partial charge is 0.368 e. The number of aromatic nitrogens is 2. The Labute approximate surface area is 182 Å². The molecule has 2 aromatic rings. The van der Waals surface area contributed by atoms with Crippen molar-refractivity contribution < 1.29 is 4.39 Å². The van der Waals surface area contributed by atoms with Crippen LogP contribution in [0.3, 0.4) is 0 Å². The molecule has 2 heterocycles. The molecule has 3 rings (SSSR count). The van der Waals surface area contributed by atoms with Crippen LogP contribution < -0.4 is 10.7 Å². The molecule has 1 aromatic carbocycles. The van der Waals surface area contributed by atoms with Crippen molar-refractivity contribution >= 4 is 11.5 Å². The van der Waals surface area contributed by atoms with Crippen LogP contribution in [0.25, 0.3) is 0 Å². The fourth-order valence-corrected chi connectivity index (χ4v) is 4.13. The van der Waals surface area contributed by atoms with E-state index < -0.39 is 5.82 Å². The standard InChI is InChI=1S/C22H31FN8/c1-15(2)10-16-11-18(23)20(21(24)28-29-25)19(12-16)30-8-9-31(22(3,4)14-30)13-17-6-5-7-26-27-17/h5-7,11-12,15H,8-10,13-14H2,1-4H3,(H3,24,25,28). The van der Waals surface area contributed by atoms with Crippen LogP contribution in [0.4, 0.5) is 10.1 Å². The van der Waals surface area contributed by atoms with E-state index in [2.05, 4.69) is 58.0 Å². The van der Waals surface area contributed by atoms with Gasteiger partial charge < -0.3 is 10.7 Å². The Balaban J connectivity index is 1.92. The number of nitrogens with one attached hydrogen (secondary N) is 1. The van der Waals surface area contributed by atoms with Gasteiger partial charge in [-0.05, 0) is 56.0 Å². The molecule has 0 radical (unpaired) electrons. The lowest BCUT2D eigenvalue weighted by Crippen LogP contribution is -2.59. The van der Waals surface area contributed by atoms with E-state index >= 15 is 4.39 Å². The van der Waals surface area contributed by atoms with E-state index in [1.807, 2.05) is 18.2 Å². The zero-order valence-corrected chi connectivity index (χ0v) is 18.6. The van der Waals surface area contributed by atoms with E-state index in [0.717, 1.165) is 24.2 Å². The molecule has 31 heavy (non-hydrogen) atoms. The SMILES string of the molecule is CC(C)Cc1cc(F)c(C(=N)N=NN)c(N2CCN(Cc3cccnn3)C(C)(C)C2)c1. The van der Waals surface area contributed by atoms with Crippen LogP contribution in [0, 0.1) is 17.1 Å². The average molecular weight is 427 g/mol. The topological polar surface area (TPSA) is 107 Å². The second-order valence-electron chi connectivity index (χ2n) is 9.00. The Bertz CT molecular complexity index is 942. The first kappa shape index (κ1) is 22.7. The maximum Gasteiger partial charge on any atom is 0.181 e. The van der Waals surface area contributed by atoms with Crippen LogP contribution in [-0.4, -0.2) is 46.1 Å². The highest BCUT2D eigenvalue weighted by Crippen LogP contribution is 2.32. The molecule has 1 fully saturated rings. The summed E-state index contributed by atoms with van der Waals surface area (Å²) in [5.41, 5.74) is 2.43. The summed E-state index contributed by atoms with van der Waals surface area (Å²) < 4.78 is 15.1. The van der Waals surface area contributed by atoms with Crippen molar-refractivity contribution in [1.29, 1.82) is 5.41 Å². The molecular weight excluding hydrogens is 395 g/mol. The van der Waals surface area contributed by atoms with Crippen LogP contribution in [0.15, 0.2) is 40.8 Å². The zero-order chi connectivity index (χ0) is 22.6. The lowest BCUT2D eigenvalue weighted by molar-refractivity contribution is 0.0944. The van der Waals surface area contributed by atoms with Gasteiger partial charge in [0.25, 0.3) is 0 Å². The summed E-state index contributed by atoms with van der Waals surface area (Å²) in [6.07, 6.45) is 2.42. The Morgan fingerprint density at radius 3 is 2.71 bits per heavy atom. The lowest BCUT2D eigenvalue weighted by atomic mass is 9.95. The van der Waals surface area contributed by atoms with E-state index in [-0.39, 0.29) is 16.9 Å². The van der Waals surface area contributed by atoms with E-state index in [4.69, 9.17) is 11.3 Å². The summed E-state index contributed by atoms with van der Waals surface area (Å²) in [4.78, 5) is 4.49. The molecular formula is C22H31FN8. The predicted octanol–water partition coefficient (Wildman–Crippen LogP) is 3.57. The quantitative estimate of drug-likeness (QED) is 0.241. The van der Waals surface area contributed by atoms with Crippen LogP contribution in [-0.2, 0) is 13.0 Å². The molecule has 0 aliphatic carbocycles. The van der Waals surface area contributed by atoms with E-state index in [9.17, 15) is 0 Å². The van der Waals surface area contributed by atoms with Crippen molar-refractivity contribution in [3.05, 3.63) is 53.1 Å². The highest BCUT2D eigenvalue weighted by atomic mass is 19.1. The molecule has 0 amide bonds. The number of nitrogens with zero attached hydrogens (tertiary/aromatic N) is 6. The second kappa shape index (κ2) is 9.47. The first-order valence-corrected chi connectivity index (χ1v) is 10.5. The van der Waals surface area contributed by atoms with Gasteiger partial charge in [0.2, 0.25) is 0 Å². The highest BCUT2D eigenvalue weighted by Gasteiger charge is 2.35. The first-order chi connectivity index (χ1) is 14.7. The van der Waals surface area contributed by atoms with Gasteiger partial charge in [-0.25, -0.2) is 4.39 Å². The number of benzene rings is 1. The van der Waals surface area contributed by atoms with Gasteiger partial charge in [-0.3, -0.25) is 10.3 Å². The molecule has 166 valence electrons. The third-order valence-electron chi connectivity index (χ3n) is 5.56. The zero-order valence-electron chi connectivity index (χ0n) is 18.6. The van der Waals surface area contributed by atoms with Gasteiger partial charge in [0.05, 0.1) is 16.9 Å². The molecule has 1 saturated heterocycles. The molecule has 0 atom stereocenters. The Hall–Kier alpha value is -2.94. The summed E-state index contributed by atoms with van der Waals surface area (Å²) in [6.45, 7) is 11.3. The molecule has 1 aromatic heterocycles. The molecule has 0 spiro atoms. The van der Waals surface area contributed by atoms with Crippen molar-refractivity contribution in [2.24, 2.45) is 22.1 Å². The highest BCUT2D eigenvalue weighted by molar-refractivity contribution is 6.02. The van der Waals surface area contributed by atoms with Crippen molar-refractivity contribution in [2.75, 3.05) is 24.5 Å². The normalized spacial score (nSPS) is 16.9. The molecule has 1 aliphatic rings. The maximum atomic E-state index is 15.1. The van der Waals surface area contributed by atoms with Crippen LogP contribution in [0.2, 0.25) is 0 Å². The molecule has 9 heteroatoms. The van der Waals surface area contributed by atoms with Gasteiger partial charge in [0, 0.05) is 37.9 Å². The molecule has 1 aliphatic heterocycles. The number of halogens is 1. The average Bonchev–Trinajstić information content (AvgIpc) is 2.69. The smallest absolute Gasteiger partial charge is 0.181 e. The van der Waals surface area contributed by atoms with Crippen molar-refractivity contribution in [3.63, 3.8) is 0 Å². The van der Waals surface area contributed by atoms with Gasteiger partial charge in [0.15, 0.2) is 5.84 Å². The summed E-state index contributed by atoms with van der Waals surface area (Å²) in [5.74, 6) is 4.79. The van der Waals surface area contributed by atoms with Crippen molar-refractivity contribution in [2.45, 2.75) is 46.2 Å². The minimum Gasteiger partial charge on any atom is -0.368 e. The number of rotatable bonds is 6. The number of hydrogen-bond donors (Lipinski definition) is 2. The minimum atomic E-state index is -0.467. The fourth-order valence-electron chi connectivity index (χ4n) is 4.13. The van der Waals surface area contributed by atoms with E-state index in [1.165, 1.54) is 6.07 Å². The monoisotopic (exact) mass is 426 g/mol. The Morgan fingerprint density at radius 1 is 1.32 bits per heavy atom. The number of amidine groups is 1. The second-order valence-corrected chi connectivity index (χ2v) is 9.00. The summed E-state index contributed by atoms with van der Waals surface area (Å²) in [6, 6.07) is 7.33. The van der Waals surface area contributed by atoms with Crippen LogP contribution in [0.1, 0.15) is 44.5 Å². The number of piperazine rings is 1. The predicted molar refractivity (Wildman–Crippen MR) is 120 cm³/mol. The van der Waals surface area contributed by atoms with Crippen LogP contribution >= 0.6 is 0 Å². The van der Waals surface area contributed by atoms with Gasteiger partial charge in [0.1, 0.15) is 5.82 Å².